The Labute approximate surface area is 258 Å². The van der Waals surface area contributed by atoms with E-state index in [1.807, 2.05) is 0 Å². The van der Waals surface area contributed by atoms with Crippen LogP contribution in [0.2, 0.25) is 5.02 Å². The van der Waals surface area contributed by atoms with Crippen LogP contribution in [0.5, 0.6) is 11.6 Å². The number of hydrogen-bond donors (Lipinski definition) is 1. The zero-order chi connectivity index (χ0) is 32.7. The standard InChI is InChI=1S/C28H25ClF4N6O6/c1-43-14-18(15-44-2)39(26(40)22-4-3-17(29)13-34-22)23-11-21(30)24(10-19(23)27(41)42)45-25-20(28(31,32)33)9-16(12-35-25)5-8-38-36-6-7-37-38/h3-4,6-7,9-13,18H,5,8,14-15H2,1-2H3,(H,41,42). The quantitative estimate of drug-likeness (QED) is 0.198. The summed E-state index contributed by atoms with van der Waals surface area (Å²) in [6.45, 7) is -0.181. The molecule has 3 aromatic heterocycles. The molecule has 0 unspecified atom stereocenters. The van der Waals surface area contributed by atoms with Gasteiger partial charge < -0.3 is 19.3 Å². The van der Waals surface area contributed by atoms with Gasteiger partial charge in [-0.3, -0.25) is 9.69 Å². The molecule has 45 heavy (non-hydrogen) atoms. The number of benzene rings is 1. The molecule has 0 saturated carbocycles. The maximum absolute atomic E-state index is 15.6. The number of aryl methyl sites for hydroxylation is 2. The Morgan fingerprint density at radius 1 is 1.04 bits per heavy atom. The molecule has 0 aliphatic carbocycles. The molecular weight excluding hydrogens is 628 g/mol. The molecule has 0 saturated heterocycles. The number of anilines is 1. The molecular formula is C28H25ClF4N6O6. The van der Waals surface area contributed by atoms with Crippen molar-refractivity contribution >= 4 is 29.2 Å². The fourth-order valence-corrected chi connectivity index (χ4v) is 4.39. The predicted octanol–water partition coefficient (Wildman–Crippen LogP) is 4.92. The Hall–Kier alpha value is -4.67. The first-order chi connectivity index (χ1) is 21.4. The van der Waals surface area contributed by atoms with Gasteiger partial charge in [-0.25, -0.2) is 19.2 Å². The smallest absolute Gasteiger partial charge is 0.421 e. The topological polar surface area (TPSA) is 142 Å². The number of carboxylic acids is 1. The van der Waals surface area contributed by atoms with Crippen molar-refractivity contribution in [1.82, 2.24) is 25.0 Å². The molecule has 0 aliphatic heterocycles. The van der Waals surface area contributed by atoms with Crippen LogP contribution in [0.15, 0.2) is 55.1 Å². The van der Waals surface area contributed by atoms with E-state index in [2.05, 4.69) is 20.2 Å². The number of alkyl halides is 3. The summed E-state index contributed by atoms with van der Waals surface area (Å²) in [7, 11) is 2.65. The van der Waals surface area contributed by atoms with E-state index < -0.39 is 58.4 Å². The van der Waals surface area contributed by atoms with Crippen molar-refractivity contribution in [2.75, 3.05) is 32.3 Å². The number of aromatic nitrogens is 5. The van der Waals surface area contributed by atoms with E-state index in [9.17, 15) is 27.9 Å². The fourth-order valence-electron chi connectivity index (χ4n) is 4.28. The summed E-state index contributed by atoms with van der Waals surface area (Å²) >= 11 is 5.88. The minimum Gasteiger partial charge on any atom is -0.478 e. The molecule has 0 spiro atoms. The van der Waals surface area contributed by atoms with Gasteiger partial charge in [0.1, 0.15) is 11.3 Å². The third-order valence-electron chi connectivity index (χ3n) is 6.28. The van der Waals surface area contributed by atoms with Crippen LogP contribution in [0.1, 0.15) is 32.0 Å². The zero-order valence-electron chi connectivity index (χ0n) is 23.7. The molecule has 3 heterocycles. The second-order valence-electron chi connectivity index (χ2n) is 9.38. The maximum atomic E-state index is 15.6. The van der Waals surface area contributed by atoms with Crippen molar-refractivity contribution in [2.24, 2.45) is 0 Å². The number of amides is 1. The molecule has 0 aliphatic rings. The Morgan fingerprint density at radius 2 is 1.73 bits per heavy atom. The average Bonchev–Trinajstić information content (AvgIpc) is 3.51. The molecule has 1 aromatic carbocycles. The van der Waals surface area contributed by atoms with Gasteiger partial charge in [-0.15, -0.1) is 0 Å². The predicted molar refractivity (Wildman–Crippen MR) is 150 cm³/mol. The normalized spacial score (nSPS) is 11.6. The van der Waals surface area contributed by atoms with E-state index >= 15 is 4.39 Å². The molecule has 0 fully saturated rings. The lowest BCUT2D eigenvalue weighted by Crippen LogP contribution is -2.46. The number of ether oxygens (including phenoxy) is 3. The van der Waals surface area contributed by atoms with Gasteiger partial charge in [-0.05, 0) is 30.2 Å². The van der Waals surface area contributed by atoms with E-state index in [0.29, 0.717) is 12.1 Å². The molecule has 0 atom stereocenters. The summed E-state index contributed by atoms with van der Waals surface area (Å²) in [5.41, 5.74) is -2.46. The Kier molecular flexibility index (Phi) is 10.6. The van der Waals surface area contributed by atoms with Gasteiger partial charge >= 0.3 is 12.1 Å². The Balaban J connectivity index is 1.76. The van der Waals surface area contributed by atoms with Crippen molar-refractivity contribution in [3.05, 3.63) is 88.3 Å². The summed E-state index contributed by atoms with van der Waals surface area (Å²) in [6.07, 6.45) is 0.262. The second-order valence-corrected chi connectivity index (χ2v) is 9.81. The summed E-state index contributed by atoms with van der Waals surface area (Å²) < 4.78 is 73.2. The minimum absolute atomic E-state index is 0.0910. The first-order valence-corrected chi connectivity index (χ1v) is 13.4. The van der Waals surface area contributed by atoms with Gasteiger partial charge in [-0.2, -0.15) is 28.2 Å². The van der Waals surface area contributed by atoms with E-state index in [-0.39, 0.29) is 42.5 Å². The number of pyridine rings is 2. The average molecular weight is 653 g/mol. The number of methoxy groups -OCH3 is 2. The highest BCUT2D eigenvalue weighted by atomic mass is 35.5. The number of aromatic carboxylic acids is 1. The van der Waals surface area contributed by atoms with Gasteiger partial charge in [0, 0.05) is 38.7 Å². The maximum Gasteiger partial charge on any atom is 0.421 e. The summed E-state index contributed by atoms with van der Waals surface area (Å²) in [4.78, 5) is 36.0. The van der Waals surface area contributed by atoms with Crippen molar-refractivity contribution in [3.63, 3.8) is 0 Å². The molecule has 1 N–H and O–H groups in total. The van der Waals surface area contributed by atoms with E-state index in [1.54, 1.807) is 0 Å². The van der Waals surface area contributed by atoms with Crippen LogP contribution in [0.25, 0.3) is 0 Å². The van der Waals surface area contributed by atoms with Gasteiger partial charge in [0.2, 0.25) is 5.88 Å². The monoisotopic (exact) mass is 652 g/mol. The van der Waals surface area contributed by atoms with Gasteiger partial charge in [0.25, 0.3) is 5.91 Å². The van der Waals surface area contributed by atoms with E-state index in [0.717, 1.165) is 17.2 Å². The van der Waals surface area contributed by atoms with Crippen molar-refractivity contribution in [3.8, 4) is 11.6 Å². The molecule has 12 nitrogen and oxygen atoms in total. The van der Waals surface area contributed by atoms with Crippen LogP contribution in [-0.2, 0) is 28.6 Å². The number of rotatable bonds is 13. The number of hydrogen-bond acceptors (Lipinski definition) is 9. The van der Waals surface area contributed by atoms with Crippen LogP contribution < -0.4 is 9.64 Å². The number of nitrogens with zero attached hydrogens (tertiary/aromatic N) is 6. The molecule has 4 rings (SSSR count). The lowest BCUT2D eigenvalue weighted by atomic mass is 10.1. The third-order valence-corrected chi connectivity index (χ3v) is 6.50. The first-order valence-electron chi connectivity index (χ1n) is 13.0. The van der Waals surface area contributed by atoms with E-state index in [1.165, 1.54) is 49.7 Å². The molecule has 1 amide bonds. The molecule has 0 bridgehead atoms. The van der Waals surface area contributed by atoms with Crippen molar-refractivity contribution in [1.29, 1.82) is 0 Å². The van der Waals surface area contributed by atoms with Crippen LogP contribution in [0.4, 0.5) is 23.2 Å². The highest BCUT2D eigenvalue weighted by Gasteiger charge is 2.37. The lowest BCUT2D eigenvalue weighted by molar-refractivity contribution is -0.139. The highest BCUT2D eigenvalue weighted by Crippen LogP contribution is 2.39. The van der Waals surface area contributed by atoms with E-state index in [4.69, 9.17) is 25.8 Å². The largest absolute Gasteiger partial charge is 0.478 e. The SMILES string of the molecule is COCC(COC)N(C(=O)c1ccc(Cl)cn1)c1cc(F)c(Oc2ncc(CCn3nccn3)cc2C(F)(F)F)cc1C(=O)O. The van der Waals surface area contributed by atoms with Gasteiger partial charge in [-0.1, -0.05) is 11.6 Å². The summed E-state index contributed by atoms with van der Waals surface area (Å²) in [5.74, 6) is -5.68. The highest BCUT2D eigenvalue weighted by molar-refractivity contribution is 6.30. The molecule has 17 heteroatoms. The zero-order valence-corrected chi connectivity index (χ0v) is 24.4. The van der Waals surface area contributed by atoms with Crippen LogP contribution in [-0.4, -0.2) is 75.4 Å². The minimum atomic E-state index is -4.96. The lowest BCUT2D eigenvalue weighted by Gasteiger charge is -2.32. The summed E-state index contributed by atoms with van der Waals surface area (Å²) in [5, 5.41) is 18.1. The van der Waals surface area contributed by atoms with Crippen molar-refractivity contribution in [2.45, 2.75) is 25.2 Å². The molecule has 4 aromatic rings. The molecule has 238 valence electrons. The number of halogens is 5. The van der Waals surface area contributed by atoms with Crippen molar-refractivity contribution < 1.29 is 46.5 Å². The molecule has 0 radical (unpaired) electrons. The number of carbonyl (C=O) groups is 2. The van der Waals surface area contributed by atoms with Crippen LogP contribution >= 0.6 is 11.6 Å². The van der Waals surface area contributed by atoms with Gasteiger partial charge in [0.15, 0.2) is 11.6 Å². The van der Waals surface area contributed by atoms with Crippen LogP contribution in [0.3, 0.4) is 0 Å². The third kappa shape index (κ3) is 8.09. The fraction of sp³-hybridized carbons (Fsp3) is 0.286. The number of carbonyl (C=O) groups excluding carboxylic acids is 1. The second kappa shape index (κ2) is 14.4. The number of carboxylic acid groups (broad SMARTS) is 1. The van der Waals surface area contributed by atoms with Gasteiger partial charge in [0.05, 0.1) is 54.5 Å². The Bertz CT molecular complexity index is 1630. The van der Waals surface area contributed by atoms with Crippen LogP contribution in [0, 0.1) is 5.82 Å². The summed E-state index contributed by atoms with van der Waals surface area (Å²) in [6, 6.07) is 3.78. The first kappa shape index (κ1) is 33.2. The Morgan fingerprint density at radius 3 is 2.31 bits per heavy atom.